The predicted molar refractivity (Wildman–Crippen MR) is 37.1 cm³/mol. The highest BCUT2D eigenvalue weighted by Crippen LogP contribution is 2.16. The van der Waals surface area contributed by atoms with Gasteiger partial charge in [-0.15, -0.1) is 0 Å². The molecule has 0 aliphatic carbocycles. The molecule has 1 rings (SSSR count). The minimum absolute atomic E-state index is 0.299. The van der Waals surface area contributed by atoms with E-state index in [1.165, 1.54) is 0 Å². The zero-order chi connectivity index (χ0) is 7.40. The van der Waals surface area contributed by atoms with Crippen molar-refractivity contribution in [1.82, 2.24) is 0 Å². The van der Waals surface area contributed by atoms with Gasteiger partial charge < -0.3 is 10.5 Å². The molecular formula is C7H12N2O. The lowest BCUT2D eigenvalue weighted by atomic mass is 10.0. The summed E-state index contributed by atoms with van der Waals surface area (Å²) in [5.74, 6) is 0.523. The quantitative estimate of drug-likeness (QED) is 0.598. The molecule has 0 aromatic heterocycles. The van der Waals surface area contributed by atoms with Crippen LogP contribution < -0.4 is 5.73 Å². The molecule has 1 fully saturated rings. The number of nitrogens with two attached hydrogens (primary N) is 1. The smallest absolute Gasteiger partial charge is 0.0931 e. The summed E-state index contributed by atoms with van der Waals surface area (Å²) in [5, 5.41) is 8.38. The van der Waals surface area contributed by atoms with Crippen molar-refractivity contribution in [3.8, 4) is 6.07 Å². The lowest BCUT2D eigenvalue weighted by Crippen LogP contribution is -2.21. The van der Waals surface area contributed by atoms with Crippen LogP contribution in [0.25, 0.3) is 0 Å². The summed E-state index contributed by atoms with van der Waals surface area (Å²) in [6.07, 6.45) is 1.85. The van der Waals surface area contributed by atoms with E-state index in [2.05, 4.69) is 0 Å². The fraction of sp³-hybridized carbons (Fsp3) is 0.857. The average Bonchev–Trinajstić information content (AvgIpc) is 2.40. The summed E-state index contributed by atoms with van der Waals surface area (Å²) in [5.41, 5.74) is 5.44. The van der Waals surface area contributed by atoms with Gasteiger partial charge in [-0.2, -0.15) is 5.26 Å². The van der Waals surface area contributed by atoms with Gasteiger partial charge in [0, 0.05) is 13.2 Å². The van der Waals surface area contributed by atoms with Gasteiger partial charge in [-0.05, 0) is 18.8 Å². The van der Waals surface area contributed by atoms with Gasteiger partial charge in [0.05, 0.1) is 12.1 Å². The third kappa shape index (κ3) is 1.98. The summed E-state index contributed by atoms with van der Waals surface area (Å²) in [6.45, 7) is 1.62. The molecule has 2 atom stereocenters. The van der Waals surface area contributed by atoms with Crippen LogP contribution in [-0.4, -0.2) is 19.3 Å². The fourth-order valence-corrected chi connectivity index (χ4v) is 1.18. The molecule has 1 saturated heterocycles. The topological polar surface area (TPSA) is 59.0 Å². The normalized spacial score (nSPS) is 27.8. The second kappa shape index (κ2) is 3.55. The number of nitrogens with zero attached hydrogens (tertiary/aromatic N) is 1. The van der Waals surface area contributed by atoms with Crippen LogP contribution >= 0.6 is 0 Å². The zero-order valence-electron chi connectivity index (χ0n) is 5.92. The maximum absolute atomic E-state index is 8.38. The van der Waals surface area contributed by atoms with Crippen molar-refractivity contribution in [2.24, 2.45) is 11.7 Å². The fourth-order valence-electron chi connectivity index (χ4n) is 1.18. The van der Waals surface area contributed by atoms with E-state index in [-0.39, 0.29) is 6.04 Å². The van der Waals surface area contributed by atoms with Gasteiger partial charge in [0.25, 0.3) is 0 Å². The van der Waals surface area contributed by atoms with E-state index in [4.69, 9.17) is 15.7 Å². The molecule has 0 saturated carbocycles. The van der Waals surface area contributed by atoms with Crippen molar-refractivity contribution >= 4 is 0 Å². The minimum atomic E-state index is -0.299. The third-order valence-electron chi connectivity index (χ3n) is 1.78. The van der Waals surface area contributed by atoms with Crippen LogP contribution in [0, 0.1) is 17.2 Å². The first-order chi connectivity index (χ1) is 4.83. The van der Waals surface area contributed by atoms with E-state index in [9.17, 15) is 0 Å². The lowest BCUT2D eigenvalue weighted by Gasteiger charge is -2.06. The van der Waals surface area contributed by atoms with Crippen molar-refractivity contribution in [2.75, 3.05) is 13.2 Å². The Hall–Kier alpha value is -0.590. The van der Waals surface area contributed by atoms with E-state index in [0.717, 1.165) is 26.1 Å². The van der Waals surface area contributed by atoms with Gasteiger partial charge in [-0.25, -0.2) is 0 Å². The minimum Gasteiger partial charge on any atom is -0.381 e. The highest BCUT2D eigenvalue weighted by molar-refractivity contribution is 4.88. The Morgan fingerprint density at radius 1 is 1.80 bits per heavy atom. The third-order valence-corrected chi connectivity index (χ3v) is 1.78. The summed E-state index contributed by atoms with van der Waals surface area (Å²) >= 11 is 0. The van der Waals surface area contributed by atoms with Gasteiger partial charge in [-0.3, -0.25) is 0 Å². The SMILES string of the molecule is N#C[C@H](N)C[C@@H]1CCOC1. The van der Waals surface area contributed by atoms with Gasteiger partial charge in [-0.1, -0.05) is 0 Å². The molecule has 0 aromatic rings. The molecule has 3 heteroatoms. The zero-order valence-corrected chi connectivity index (χ0v) is 5.92. The monoisotopic (exact) mass is 140 g/mol. The van der Waals surface area contributed by atoms with Crippen LogP contribution in [0.2, 0.25) is 0 Å². The van der Waals surface area contributed by atoms with E-state index in [1.807, 2.05) is 6.07 Å². The van der Waals surface area contributed by atoms with Gasteiger partial charge in [0.2, 0.25) is 0 Å². The van der Waals surface area contributed by atoms with Gasteiger partial charge in [0.1, 0.15) is 0 Å². The number of hydrogen-bond donors (Lipinski definition) is 1. The van der Waals surface area contributed by atoms with E-state index in [0.29, 0.717) is 5.92 Å². The molecule has 1 heterocycles. The van der Waals surface area contributed by atoms with Crippen LogP contribution in [0.4, 0.5) is 0 Å². The Morgan fingerprint density at radius 2 is 2.60 bits per heavy atom. The first-order valence-electron chi connectivity index (χ1n) is 3.56. The number of hydrogen-bond acceptors (Lipinski definition) is 3. The molecule has 56 valence electrons. The Kier molecular flexibility index (Phi) is 2.67. The van der Waals surface area contributed by atoms with E-state index < -0.39 is 0 Å². The molecule has 2 N–H and O–H groups in total. The van der Waals surface area contributed by atoms with Crippen LogP contribution in [0.15, 0.2) is 0 Å². The van der Waals surface area contributed by atoms with Crippen molar-refractivity contribution in [2.45, 2.75) is 18.9 Å². The highest BCUT2D eigenvalue weighted by Gasteiger charge is 2.17. The number of rotatable bonds is 2. The number of ether oxygens (including phenoxy) is 1. The molecule has 0 radical (unpaired) electrons. The summed E-state index contributed by atoms with van der Waals surface area (Å²) in [6, 6.07) is 1.71. The van der Waals surface area contributed by atoms with Crippen LogP contribution in [-0.2, 0) is 4.74 Å². The summed E-state index contributed by atoms with van der Waals surface area (Å²) in [7, 11) is 0. The standard InChI is InChI=1S/C7H12N2O/c8-4-7(9)3-6-1-2-10-5-6/h6-7H,1-3,5,9H2/t6-,7+/m0/s1. The Balaban J connectivity index is 2.19. The summed E-state index contributed by atoms with van der Waals surface area (Å²) in [4.78, 5) is 0. The molecule has 1 aliphatic heterocycles. The van der Waals surface area contributed by atoms with Crippen molar-refractivity contribution in [3.05, 3.63) is 0 Å². The van der Waals surface area contributed by atoms with Gasteiger partial charge in [0.15, 0.2) is 0 Å². The summed E-state index contributed by atoms with van der Waals surface area (Å²) < 4.78 is 5.14. The molecule has 3 nitrogen and oxygen atoms in total. The first kappa shape index (κ1) is 7.52. The van der Waals surface area contributed by atoms with Crippen LogP contribution in [0.3, 0.4) is 0 Å². The second-order valence-electron chi connectivity index (χ2n) is 2.70. The van der Waals surface area contributed by atoms with Crippen LogP contribution in [0.5, 0.6) is 0 Å². The molecule has 0 aromatic carbocycles. The van der Waals surface area contributed by atoms with Crippen molar-refractivity contribution in [1.29, 1.82) is 5.26 Å². The van der Waals surface area contributed by atoms with Gasteiger partial charge >= 0.3 is 0 Å². The second-order valence-corrected chi connectivity index (χ2v) is 2.70. The maximum atomic E-state index is 8.38. The van der Waals surface area contributed by atoms with Crippen molar-refractivity contribution in [3.63, 3.8) is 0 Å². The molecule has 0 amide bonds. The molecule has 0 spiro atoms. The lowest BCUT2D eigenvalue weighted by molar-refractivity contribution is 0.183. The Bertz CT molecular complexity index is 135. The molecule has 0 bridgehead atoms. The Labute approximate surface area is 60.8 Å². The molecular weight excluding hydrogens is 128 g/mol. The van der Waals surface area contributed by atoms with Crippen LogP contribution in [0.1, 0.15) is 12.8 Å². The van der Waals surface area contributed by atoms with E-state index >= 15 is 0 Å². The number of nitriles is 1. The maximum Gasteiger partial charge on any atom is 0.0931 e. The largest absolute Gasteiger partial charge is 0.381 e. The predicted octanol–water partition coefficient (Wildman–Crippen LogP) is 0.264. The molecule has 1 aliphatic rings. The Morgan fingerprint density at radius 3 is 3.10 bits per heavy atom. The molecule has 10 heavy (non-hydrogen) atoms. The average molecular weight is 140 g/mol. The van der Waals surface area contributed by atoms with E-state index in [1.54, 1.807) is 0 Å². The first-order valence-corrected chi connectivity index (χ1v) is 3.56. The molecule has 0 unspecified atom stereocenters. The highest BCUT2D eigenvalue weighted by atomic mass is 16.5. The van der Waals surface area contributed by atoms with Crippen molar-refractivity contribution < 1.29 is 4.74 Å².